The minimum Gasteiger partial charge on any atom is -0.480 e. The Kier molecular flexibility index (Phi) is 2.76. The molecule has 1 aromatic carbocycles. The molecule has 1 atom stereocenters. The summed E-state index contributed by atoms with van der Waals surface area (Å²) < 4.78 is 38.2. The maximum absolute atomic E-state index is 12.9. The Bertz CT molecular complexity index is 358. The van der Waals surface area contributed by atoms with Crippen LogP contribution in [0.5, 0.6) is 0 Å². The average molecular weight is 205 g/mol. The van der Waals surface area contributed by atoms with E-state index in [1.54, 1.807) is 0 Å². The molecule has 1 rings (SSSR count). The molecule has 0 heterocycles. The van der Waals surface area contributed by atoms with Crippen LogP contribution in [0.25, 0.3) is 0 Å². The molecule has 0 aliphatic heterocycles. The lowest BCUT2D eigenvalue weighted by Gasteiger charge is -2.08. The van der Waals surface area contributed by atoms with Gasteiger partial charge in [0.15, 0.2) is 0 Å². The number of aliphatic carboxylic acids is 1. The van der Waals surface area contributed by atoms with Crippen LogP contribution in [0.3, 0.4) is 0 Å². The van der Waals surface area contributed by atoms with Gasteiger partial charge in [-0.05, 0) is 0 Å². The second kappa shape index (κ2) is 3.67. The molecule has 0 saturated heterocycles. The normalized spacial score (nSPS) is 12.6. The van der Waals surface area contributed by atoms with Crippen molar-refractivity contribution >= 4 is 5.97 Å². The number of carboxylic acids is 1. The minimum absolute atomic E-state index is 0.376. The van der Waals surface area contributed by atoms with E-state index in [9.17, 15) is 18.0 Å². The lowest BCUT2D eigenvalue weighted by Crippen LogP contribution is -2.23. The van der Waals surface area contributed by atoms with Crippen molar-refractivity contribution < 1.29 is 23.1 Å². The third kappa shape index (κ3) is 1.85. The second-order valence-electron chi connectivity index (χ2n) is 2.60. The highest BCUT2D eigenvalue weighted by molar-refractivity contribution is 5.75. The molecular weight excluding hydrogens is 199 g/mol. The summed E-state index contributed by atoms with van der Waals surface area (Å²) in [5.41, 5.74) is 4.14. The molecule has 0 unspecified atom stereocenters. The number of benzene rings is 1. The van der Waals surface area contributed by atoms with Gasteiger partial charge in [-0.15, -0.1) is 0 Å². The highest BCUT2D eigenvalue weighted by atomic mass is 19.1. The van der Waals surface area contributed by atoms with E-state index in [1.807, 2.05) is 0 Å². The number of nitrogens with two attached hydrogens (primary N) is 1. The fourth-order valence-corrected chi connectivity index (χ4v) is 0.974. The van der Waals surface area contributed by atoms with Crippen molar-refractivity contribution in [2.24, 2.45) is 5.73 Å². The fraction of sp³-hybridized carbons (Fsp3) is 0.125. The summed E-state index contributed by atoms with van der Waals surface area (Å²) in [6.45, 7) is 0. The molecule has 0 aliphatic rings. The van der Waals surface area contributed by atoms with E-state index >= 15 is 0 Å². The van der Waals surface area contributed by atoms with Crippen LogP contribution >= 0.6 is 0 Å². The van der Waals surface area contributed by atoms with Crippen molar-refractivity contribution in [2.75, 3.05) is 0 Å². The lowest BCUT2D eigenvalue weighted by molar-refractivity contribution is -0.138. The van der Waals surface area contributed by atoms with Gasteiger partial charge in [-0.25, -0.2) is 13.2 Å². The van der Waals surface area contributed by atoms with Crippen LogP contribution in [-0.2, 0) is 4.79 Å². The maximum Gasteiger partial charge on any atom is 0.325 e. The van der Waals surface area contributed by atoms with E-state index in [0.29, 0.717) is 12.1 Å². The SMILES string of the molecule is N[C@@H](C(=O)O)c1c(F)cc(F)cc1F. The van der Waals surface area contributed by atoms with E-state index in [2.05, 4.69) is 0 Å². The van der Waals surface area contributed by atoms with Crippen LogP contribution in [-0.4, -0.2) is 11.1 Å². The summed E-state index contributed by atoms with van der Waals surface area (Å²) >= 11 is 0. The molecule has 0 aromatic heterocycles. The molecule has 0 fully saturated rings. The number of rotatable bonds is 2. The average Bonchev–Trinajstić information content (AvgIpc) is 2.01. The molecule has 3 N–H and O–H groups in total. The number of halogens is 3. The maximum atomic E-state index is 12.9. The number of carboxylic acid groups (broad SMARTS) is 1. The van der Waals surface area contributed by atoms with Gasteiger partial charge < -0.3 is 10.8 Å². The van der Waals surface area contributed by atoms with Gasteiger partial charge in [-0.3, -0.25) is 4.79 Å². The Morgan fingerprint density at radius 2 is 1.71 bits per heavy atom. The van der Waals surface area contributed by atoms with E-state index in [1.165, 1.54) is 0 Å². The van der Waals surface area contributed by atoms with E-state index < -0.39 is 35.0 Å². The molecule has 76 valence electrons. The third-order valence-corrected chi connectivity index (χ3v) is 1.62. The topological polar surface area (TPSA) is 63.3 Å². The second-order valence-corrected chi connectivity index (χ2v) is 2.60. The van der Waals surface area contributed by atoms with Crippen LogP contribution in [0.15, 0.2) is 12.1 Å². The van der Waals surface area contributed by atoms with Gasteiger partial charge in [0.05, 0.1) is 5.56 Å². The fourth-order valence-electron chi connectivity index (χ4n) is 0.974. The standard InChI is InChI=1S/C8H6F3NO2/c9-3-1-4(10)6(5(11)2-3)7(12)8(13)14/h1-2,7H,12H2,(H,13,14)/t7-/m1/s1. The van der Waals surface area contributed by atoms with Crippen LogP contribution in [0, 0.1) is 17.5 Å². The first kappa shape index (κ1) is 10.5. The number of carbonyl (C=O) groups is 1. The van der Waals surface area contributed by atoms with Gasteiger partial charge in [0.1, 0.15) is 23.5 Å². The zero-order valence-electron chi connectivity index (χ0n) is 6.80. The van der Waals surface area contributed by atoms with Crippen LogP contribution in [0.2, 0.25) is 0 Å². The first-order chi connectivity index (χ1) is 6.43. The lowest BCUT2D eigenvalue weighted by atomic mass is 10.1. The van der Waals surface area contributed by atoms with Gasteiger partial charge >= 0.3 is 5.97 Å². The number of hydrogen-bond acceptors (Lipinski definition) is 2. The van der Waals surface area contributed by atoms with Crippen molar-refractivity contribution in [3.8, 4) is 0 Å². The Labute approximate surface area is 77.0 Å². The first-order valence-corrected chi connectivity index (χ1v) is 3.56. The summed E-state index contributed by atoms with van der Waals surface area (Å²) in [5, 5.41) is 8.40. The predicted molar refractivity (Wildman–Crippen MR) is 40.9 cm³/mol. The minimum atomic E-state index is -1.84. The molecule has 0 saturated carbocycles. The molecule has 1 aromatic rings. The predicted octanol–water partition coefficient (Wildman–Crippen LogP) is 1.19. The molecule has 0 radical (unpaired) electrons. The zero-order valence-corrected chi connectivity index (χ0v) is 6.80. The molecular formula is C8H6F3NO2. The smallest absolute Gasteiger partial charge is 0.325 e. The molecule has 0 amide bonds. The summed E-state index contributed by atoms with van der Waals surface area (Å²) in [5.74, 6) is -5.33. The monoisotopic (exact) mass is 205 g/mol. The van der Waals surface area contributed by atoms with Gasteiger partial charge in [0.2, 0.25) is 0 Å². The van der Waals surface area contributed by atoms with Crippen molar-refractivity contribution in [3.05, 3.63) is 35.1 Å². The Morgan fingerprint density at radius 3 is 2.07 bits per heavy atom. The first-order valence-electron chi connectivity index (χ1n) is 3.56. The van der Waals surface area contributed by atoms with Gasteiger partial charge in [-0.2, -0.15) is 0 Å². The van der Waals surface area contributed by atoms with Crippen LogP contribution in [0.4, 0.5) is 13.2 Å². The van der Waals surface area contributed by atoms with Gasteiger partial charge in [0, 0.05) is 12.1 Å². The van der Waals surface area contributed by atoms with E-state index in [4.69, 9.17) is 10.8 Å². The zero-order chi connectivity index (χ0) is 10.9. The highest BCUT2D eigenvalue weighted by Crippen LogP contribution is 2.20. The summed E-state index contributed by atoms with van der Waals surface area (Å²) in [4.78, 5) is 10.3. The van der Waals surface area contributed by atoms with E-state index in [-0.39, 0.29) is 0 Å². The summed E-state index contributed by atoms with van der Waals surface area (Å²) in [6.07, 6.45) is 0. The van der Waals surface area contributed by atoms with Crippen molar-refractivity contribution in [2.45, 2.75) is 6.04 Å². The Morgan fingerprint density at radius 1 is 1.29 bits per heavy atom. The molecule has 14 heavy (non-hydrogen) atoms. The van der Waals surface area contributed by atoms with Crippen LogP contribution in [0.1, 0.15) is 11.6 Å². The van der Waals surface area contributed by atoms with Crippen molar-refractivity contribution in [1.82, 2.24) is 0 Å². The Hall–Kier alpha value is -1.56. The molecule has 0 spiro atoms. The van der Waals surface area contributed by atoms with Crippen molar-refractivity contribution in [3.63, 3.8) is 0 Å². The molecule has 0 aliphatic carbocycles. The summed E-state index contributed by atoms with van der Waals surface area (Å²) in [6, 6.07) is -1.09. The quantitative estimate of drug-likeness (QED) is 0.762. The molecule has 3 nitrogen and oxygen atoms in total. The van der Waals surface area contributed by atoms with Gasteiger partial charge in [-0.1, -0.05) is 0 Å². The third-order valence-electron chi connectivity index (χ3n) is 1.62. The van der Waals surface area contributed by atoms with Gasteiger partial charge in [0.25, 0.3) is 0 Å². The van der Waals surface area contributed by atoms with E-state index in [0.717, 1.165) is 0 Å². The number of hydrogen-bond donors (Lipinski definition) is 2. The Balaban J connectivity index is 3.27. The van der Waals surface area contributed by atoms with Crippen molar-refractivity contribution in [1.29, 1.82) is 0 Å². The summed E-state index contributed by atoms with van der Waals surface area (Å²) in [7, 11) is 0. The highest BCUT2D eigenvalue weighted by Gasteiger charge is 2.23. The van der Waals surface area contributed by atoms with Crippen LogP contribution < -0.4 is 5.73 Å². The molecule has 0 bridgehead atoms. The largest absolute Gasteiger partial charge is 0.480 e. The molecule has 6 heteroatoms.